The number of aryl methyl sites for hydroxylation is 1. The average molecular weight is 308 g/mol. The molecule has 1 saturated carbocycles. The van der Waals surface area contributed by atoms with Crippen LogP contribution in [0.25, 0.3) is 11.0 Å². The van der Waals surface area contributed by atoms with Gasteiger partial charge in [0, 0.05) is 18.6 Å². The monoisotopic (exact) mass is 307 g/mol. The van der Waals surface area contributed by atoms with E-state index in [-0.39, 0.29) is 12.1 Å². The molecule has 21 heavy (non-hydrogen) atoms. The number of halogens is 1. The first-order chi connectivity index (χ1) is 10.1. The molecule has 1 heterocycles. The molecule has 1 aromatic carbocycles. The number of imidazole rings is 1. The van der Waals surface area contributed by atoms with Gasteiger partial charge in [0.1, 0.15) is 5.82 Å². The fourth-order valence-electron chi connectivity index (χ4n) is 3.25. The van der Waals surface area contributed by atoms with E-state index in [2.05, 4.69) is 16.8 Å². The van der Waals surface area contributed by atoms with Crippen LogP contribution in [0.15, 0.2) is 18.2 Å². The van der Waals surface area contributed by atoms with Crippen LogP contribution in [0.4, 0.5) is 0 Å². The van der Waals surface area contributed by atoms with E-state index in [1.807, 2.05) is 25.2 Å². The van der Waals surface area contributed by atoms with Gasteiger partial charge in [0.15, 0.2) is 0 Å². The molecule has 3 rings (SSSR count). The van der Waals surface area contributed by atoms with Crippen LogP contribution in [0.3, 0.4) is 0 Å². The fourth-order valence-corrected chi connectivity index (χ4v) is 3.42. The minimum Gasteiger partial charge on any atom is -0.393 e. The van der Waals surface area contributed by atoms with Gasteiger partial charge in [0.25, 0.3) is 0 Å². The number of fused-ring (bicyclic) bond motifs is 1. The summed E-state index contributed by atoms with van der Waals surface area (Å²) in [5.74, 6) is 1.37. The number of benzene rings is 1. The van der Waals surface area contributed by atoms with E-state index in [4.69, 9.17) is 16.6 Å². The Labute approximate surface area is 130 Å². The molecule has 2 N–H and O–H groups in total. The number of nitrogens with zero attached hydrogens (tertiary/aromatic N) is 2. The Morgan fingerprint density at radius 1 is 1.48 bits per heavy atom. The molecule has 1 fully saturated rings. The quantitative estimate of drug-likeness (QED) is 0.913. The van der Waals surface area contributed by atoms with Crippen LogP contribution in [0.1, 0.15) is 38.1 Å². The van der Waals surface area contributed by atoms with Crippen molar-refractivity contribution in [3.63, 3.8) is 0 Å². The second-order valence-corrected chi connectivity index (χ2v) is 6.49. The van der Waals surface area contributed by atoms with Gasteiger partial charge < -0.3 is 15.0 Å². The van der Waals surface area contributed by atoms with E-state index in [9.17, 15) is 5.11 Å². The standard InChI is InChI=1S/C16H22ClN3O/c1-10(18-9-11-4-3-5-15(11)21)16-19-13-8-12(17)6-7-14(13)20(16)2/h6-8,10-11,15,18,21H,3-5,9H2,1-2H3/t10-,11+,15+/m0/s1. The van der Waals surface area contributed by atoms with Crippen LogP contribution in [-0.2, 0) is 7.05 Å². The lowest BCUT2D eigenvalue weighted by atomic mass is 10.1. The Bertz CT molecular complexity index is 640. The first-order valence-corrected chi connectivity index (χ1v) is 7.97. The van der Waals surface area contributed by atoms with Crippen LogP contribution in [0, 0.1) is 5.92 Å². The number of hydrogen-bond acceptors (Lipinski definition) is 3. The highest BCUT2D eigenvalue weighted by molar-refractivity contribution is 6.31. The Balaban J connectivity index is 1.75. The van der Waals surface area contributed by atoms with Gasteiger partial charge in [0.2, 0.25) is 0 Å². The number of rotatable bonds is 4. The smallest absolute Gasteiger partial charge is 0.126 e. The van der Waals surface area contributed by atoms with Gasteiger partial charge in [-0.15, -0.1) is 0 Å². The zero-order chi connectivity index (χ0) is 15.0. The van der Waals surface area contributed by atoms with Crippen molar-refractivity contribution in [1.82, 2.24) is 14.9 Å². The highest BCUT2D eigenvalue weighted by Gasteiger charge is 2.25. The lowest BCUT2D eigenvalue weighted by Crippen LogP contribution is -2.30. The van der Waals surface area contributed by atoms with E-state index in [0.717, 1.165) is 42.7 Å². The summed E-state index contributed by atoms with van der Waals surface area (Å²) in [5, 5.41) is 14.1. The van der Waals surface area contributed by atoms with Gasteiger partial charge >= 0.3 is 0 Å². The number of aliphatic hydroxyl groups is 1. The summed E-state index contributed by atoms with van der Waals surface area (Å²) in [7, 11) is 2.03. The third-order valence-corrected chi connectivity index (χ3v) is 4.81. The molecule has 114 valence electrons. The van der Waals surface area contributed by atoms with Crippen molar-refractivity contribution >= 4 is 22.6 Å². The SMILES string of the molecule is C[C@H](NC[C@H]1CCC[C@H]1O)c1nc2cc(Cl)ccc2n1C. The topological polar surface area (TPSA) is 50.1 Å². The molecule has 1 aliphatic carbocycles. The van der Waals surface area contributed by atoms with Crippen molar-refractivity contribution in [2.45, 2.75) is 38.3 Å². The fraction of sp³-hybridized carbons (Fsp3) is 0.562. The van der Waals surface area contributed by atoms with E-state index in [0.29, 0.717) is 10.9 Å². The molecule has 0 saturated heterocycles. The van der Waals surface area contributed by atoms with E-state index < -0.39 is 0 Å². The van der Waals surface area contributed by atoms with Crippen LogP contribution < -0.4 is 5.32 Å². The number of hydrogen-bond donors (Lipinski definition) is 2. The zero-order valence-electron chi connectivity index (χ0n) is 12.5. The zero-order valence-corrected chi connectivity index (χ0v) is 13.3. The van der Waals surface area contributed by atoms with E-state index >= 15 is 0 Å². The van der Waals surface area contributed by atoms with Crippen molar-refractivity contribution in [2.24, 2.45) is 13.0 Å². The molecule has 1 aromatic heterocycles. The maximum Gasteiger partial charge on any atom is 0.126 e. The predicted octanol–water partition coefficient (Wildman–Crippen LogP) is 3.04. The number of nitrogens with one attached hydrogen (secondary N) is 1. The van der Waals surface area contributed by atoms with E-state index in [1.54, 1.807) is 0 Å². The molecule has 0 aliphatic heterocycles. The molecule has 0 amide bonds. The van der Waals surface area contributed by atoms with Gasteiger partial charge in [-0.25, -0.2) is 4.98 Å². The molecule has 0 bridgehead atoms. The van der Waals surface area contributed by atoms with Gasteiger partial charge in [-0.05, 0) is 43.9 Å². The summed E-state index contributed by atoms with van der Waals surface area (Å²) in [6.45, 7) is 2.95. The maximum atomic E-state index is 9.90. The summed E-state index contributed by atoms with van der Waals surface area (Å²) in [6.07, 6.45) is 3.03. The number of aromatic nitrogens is 2. The molecular formula is C16H22ClN3O. The summed E-state index contributed by atoms with van der Waals surface area (Å²) >= 11 is 6.03. The summed E-state index contributed by atoms with van der Waals surface area (Å²) in [4.78, 5) is 4.69. The first kappa shape index (κ1) is 14.8. The number of aliphatic hydroxyl groups excluding tert-OH is 1. The van der Waals surface area contributed by atoms with Crippen LogP contribution in [0.5, 0.6) is 0 Å². The van der Waals surface area contributed by atoms with Gasteiger partial charge in [-0.1, -0.05) is 18.0 Å². The molecule has 0 spiro atoms. The minimum absolute atomic E-state index is 0.147. The van der Waals surface area contributed by atoms with Crippen molar-refractivity contribution in [1.29, 1.82) is 0 Å². The Morgan fingerprint density at radius 3 is 3.00 bits per heavy atom. The van der Waals surface area contributed by atoms with Crippen LogP contribution in [-0.4, -0.2) is 27.3 Å². The summed E-state index contributed by atoms with van der Waals surface area (Å²) in [6, 6.07) is 5.94. The van der Waals surface area contributed by atoms with Crippen molar-refractivity contribution in [3.05, 3.63) is 29.0 Å². The van der Waals surface area contributed by atoms with Crippen LogP contribution in [0.2, 0.25) is 5.02 Å². The molecule has 5 heteroatoms. The normalized spacial score (nSPS) is 23.8. The average Bonchev–Trinajstić information content (AvgIpc) is 3.00. The Hall–Kier alpha value is -1.10. The molecule has 0 unspecified atom stereocenters. The molecule has 4 nitrogen and oxygen atoms in total. The minimum atomic E-state index is -0.149. The summed E-state index contributed by atoms with van der Waals surface area (Å²) < 4.78 is 2.11. The third kappa shape index (κ3) is 2.93. The molecule has 1 aliphatic rings. The molecule has 2 aromatic rings. The third-order valence-electron chi connectivity index (χ3n) is 4.57. The van der Waals surface area contributed by atoms with E-state index in [1.165, 1.54) is 0 Å². The Kier molecular flexibility index (Phi) is 4.20. The highest BCUT2D eigenvalue weighted by atomic mass is 35.5. The van der Waals surface area contributed by atoms with Gasteiger partial charge in [0.05, 0.1) is 23.2 Å². The molecular weight excluding hydrogens is 286 g/mol. The van der Waals surface area contributed by atoms with Gasteiger partial charge in [-0.3, -0.25) is 0 Å². The second-order valence-electron chi connectivity index (χ2n) is 6.05. The highest BCUT2D eigenvalue weighted by Crippen LogP contribution is 2.26. The van der Waals surface area contributed by atoms with Crippen molar-refractivity contribution in [2.75, 3.05) is 6.54 Å². The maximum absolute atomic E-state index is 9.90. The summed E-state index contributed by atoms with van der Waals surface area (Å²) in [5.41, 5.74) is 2.01. The largest absolute Gasteiger partial charge is 0.393 e. The van der Waals surface area contributed by atoms with Crippen LogP contribution >= 0.6 is 11.6 Å². The van der Waals surface area contributed by atoms with Crippen molar-refractivity contribution < 1.29 is 5.11 Å². The molecule has 3 atom stereocenters. The predicted molar refractivity (Wildman–Crippen MR) is 85.5 cm³/mol. The second kappa shape index (κ2) is 5.95. The van der Waals surface area contributed by atoms with Crippen molar-refractivity contribution in [3.8, 4) is 0 Å². The molecule has 0 radical (unpaired) electrons. The lowest BCUT2D eigenvalue weighted by Gasteiger charge is -2.19. The first-order valence-electron chi connectivity index (χ1n) is 7.59. The van der Waals surface area contributed by atoms with Gasteiger partial charge in [-0.2, -0.15) is 0 Å². The lowest BCUT2D eigenvalue weighted by molar-refractivity contribution is 0.130. The Morgan fingerprint density at radius 2 is 2.29 bits per heavy atom.